The number of likely N-dealkylation sites (N-methyl/N-ethyl adjacent to an activating group) is 1. The maximum atomic E-state index is 11.8. The first-order chi connectivity index (χ1) is 9.74. The molecule has 6 heteroatoms. The van der Waals surface area contributed by atoms with Gasteiger partial charge in [-0.25, -0.2) is 0 Å². The highest BCUT2D eigenvalue weighted by atomic mass is 16.5. The molecular weight excluding hydrogens is 256 g/mol. The van der Waals surface area contributed by atoms with Crippen LogP contribution in [0.2, 0.25) is 0 Å². The predicted molar refractivity (Wildman–Crippen MR) is 73.0 cm³/mol. The quantitative estimate of drug-likeness (QED) is 0.817. The second-order valence-corrected chi connectivity index (χ2v) is 5.82. The minimum absolute atomic E-state index is 0.0945. The Hall–Kier alpha value is -1.43. The van der Waals surface area contributed by atoms with Gasteiger partial charge in [-0.3, -0.25) is 9.69 Å². The first kappa shape index (κ1) is 13.5. The monoisotopic (exact) mass is 278 g/mol. The fourth-order valence-electron chi connectivity index (χ4n) is 2.34. The molecule has 0 aliphatic heterocycles. The number of rotatable bonds is 7. The highest BCUT2D eigenvalue weighted by Gasteiger charge is 2.26. The lowest BCUT2D eigenvalue weighted by Gasteiger charge is -2.20. The lowest BCUT2D eigenvalue weighted by atomic mass is 9.85. The molecular formula is C14H22N4O2. The number of nitrogens with one attached hydrogen (secondary N) is 1. The van der Waals surface area contributed by atoms with Crippen molar-refractivity contribution in [3.63, 3.8) is 0 Å². The van der Waals surface area contributed by atoms with Crippen LogP contribution in [-0.2, 0) is 11.3 Å². The standard InChI is InChI=1S/C14H22N4O2/c1-2-18(9-13(19)15-11-6-7-11)8-12-16-14(20-17-12)10-4-3-5-10/h10-11H,2-9H2,1H3,(H,15,19). The van der Waals surface area contributed by atoms with Gasteiger partial charge in [0.05, 0.1) is 13.1 Å². The molecule has 1 aromatic rings. The van der Waals surface area contributed by atoms with Crippen LogP contribution in [0.4, 0.5) is 0 Å². The van der Waals surface area contributed by atoms with Crippen LogP contribution in [0.15, 0.2) is 4.52 Å². The average Bonchev–Trinajstić information content (AvgIpc) is 3.05. The van der Waals surface area contributed by atoms with Gasteiger partial charge in [0.2, 0.25) is 11.8 Å². The van der Waals surface area contributed by atoms with E-state index in [1.807, 2.05) is 11.8 Å². The van der Waals surface area contributed by atoms with Crippen molar-refractivity contribution in [2.24, 2.45) is 0 Å². The van der Waals surface area contributed by atoms with Crippen molar-refractivity contribution in [1.29, 1.82) is 0 Å². The fourth-order valence-corrected chi connectivity index (χ4v) is 2.34. The van der Waals surface area contributed by atoms with E-state index >= 15 is 0 Å². The molecule has 1 aromatic heterocycles. The van der Waals surface area contributed by atoms with E-state index in [4.69, 9.17) is 4.52 Å². The van der Waals surface area contributed by atoms with E-state index in [0.29, 0.717) is 30.9 Å². The number of carbonyl (C=O) groups excluding carboxylic acids is 1. The summed E-state index contributed by atoms with van der Waals surface area (Å²) in [5, 5.41) is 7.03. The molecule has 2 aliphatic carbocycles. The van der Waals surface area contributed by atoms with Gasteiger partial charge in [-0.1, -0.05) is 18.5 Å². The summed E-state index contributed by atoms with van der Waals surface area (Å²) in [7, 11) is 0. The van der Waals surface area contributed by atoms with Crippen molar-refractivity contribution < 1.29 is 9.32 Å². The van der Waals surface area contributed by atoms with Gasteiger partial charge in [0.15, 0.2) is 5.82 Å². The van der Waals surface area contributed by atoms with Crippen molar-refractivity contribution in [3.05, 3.63) is 11.7 Å². The Bertz CT molecular complexity index is 465. The number of carbonyl (C=O) groups is 1. The van der Waals surface area contributed by atoms with Crippen molar-refractivity contribution in [3.8, 4) is 0 Å². The molecule has 0 saturated heterocycles. The molecule has 2 aliphatic rings. The van der Waals surface area contributed by atoms with Gasteiger partial charge in [-0.05, 0) is 32.2 Å². The summed E-state index contributed by atoms with van der Waals surface area (Å²) in [5.41, 5.74) is 0. The lowest BCUT2D eigenvalue weighted by Crippen LogP contribution is -2.38. The molecule has 0 aromatic carbocycles. The first-order valence-corrected chi connectivity index (χ1v) is 7.58. The van der Waals surface area contributed by atoms with Crippen LogP contribution in [0.5, 0.6) is 0 Å². The van der Waals surface area contributed by atoms with Gasteiger partial charge in [-0.15, -0.1) is 0 Å². The van der Waals surface area contributed by atoms with Crippen LogP contribution in [0.3, 0.4) is 0 Å². The Balaban J connectivity index is 1.50. The molecule has 2 fully saturated rings. The summed E-state index contributed by atoms with van der Waals surface area (Å²) in [6, 6.07) is 0.414. The molecule has 0 atom stereocenters. The highest BCUT2D eigenvalue weighted by molar-refractivity contribution is 5.78. The van der Waals surface area contributed by atoms with E-state index in [-0.39, 0.29) is 5.91 Å². The van der Waals surface area contributed by atoms with Gasteiger partial charge in [0.25, 0.3) is 0 Å². The van der Waals surface area contributed by atoms with Gasteiger partial charge in [0, 0.05) is 12.0 Å². The average molecular weight is 278 g/mol. The van der Waals surface area contributed by atoms with Gasteiger partial charge < -0.3 is 9.84 Å². The molecule has 0 spiro atoms. The zero-order valence-corrected chi connectivity index (χ0v) is 12.0. The maximum absolute atomic E-state index is 11.8. The summed E-state index contributed by atoms with van der Waals surface area (Å²) in [4.78, 5) is 18.3. The van der Waals surface area contributed by atoms with Crippen molar-refractivity contribution in [1.82, 2.24) is 20.4 Å². The molecule has 1 N–H and O–H groups in total. The van der Waals surface area contributed by atoms with E-state index in [9.17, 15) is 4.79 Å². The largest absolute Gasteiger partial charge is 0.352 e. The third-order valence-electron chi connectivity index (χ3n) is 4.06. The Labute approximate surface area is 118 Å². The third-order valence-corrected chi connectivity index (χ3v) is 4.06. The Kier molecular flexibility index (Phi) is 4.00. The normalized spacial score (nSPS) is 19.1. The van der Waals surface area contributed by atoms with Crippen LogP contribution in [0.1, 0.15) is 56.7 Å². The summed E-state index contributed by atoms with van der Waals surface area (Å²) in [6.45, 7) is 3.81. The number of aromatic nitrogens is 2. The Morgan fingerprint density at radius 1 is 1.40 bits per heavy atom. The molecule has 20 heavy (non-hydrogen) atoms. The van der Waals surface area contributed by atoms with Crippen molar-refractivity contribution >= 4 is 5.91 Å². The summed E-state index contributed by atoms with van der Waals surface area (Å²) < 4.78 is 5.31. The highest BCUT2D eigenvalue weighted by Crippen LogP contribution is 2.35. The Morgan fingerprint density at radius 2 is 2.20 bits per heavy atom. The molecule has 1 heterocycles. The molecule has 1 amide bonds. The summed E-state index contributed by atoms with van der Waals surface area (Å²) in [5.74, 6) is 2.01. The molecule has 0 unspecified atom stereocenters. The maximum Gasteiger partial charge on any atom is 0.234 e. The van der Waals surface area contributed by atoms with Crippen LogP contribution in [0, 0.1) is 0 Å². The minimum Gasteiger partial charge on any atom is -0.352 e. The van der Waals surface area contributed by atoms with Crippen LogP contribution in [-0.4, -0.2) is 40.1 Å². The van der Waals surface area contributed by atoms with Crippen LogP contribution in [0.25, 0.3) is 0 Å². The first-order valence-electron chi connectivity index (χ1n) is 7.58. The topological polar surface area (TPSA) is 71.3 Å². The fraction of sp³-hybridized carbons (Fsp3) is 0.786. The molecule has 6 nitrogen and oxygen atoms in total. The number of hydrogen-bond donors (Lipinski definition) is 1. The summed E-state index contributed by atoms with van der Waals surface area (Å²) in [6.07, 6.45) is 5.80. The van der Waals surface area contributed by atoms with Crippen LogP contribution >= 0.6 is 0 Å². The van der Waals surface area contributed by atoms with Gasteiger partial charge in [-0.2, -0.15) is 4.98 Å². The van der Waals surface area contributed by atoms with E-state index < -0.39 is 0 Å². The second kappa shape index (κ2) is 5.91. The SMILES string of the molecule is CCN(CC(=O)NC1CC1)Cc1noc(C2CCC2)n1. The minimum atomic E-state index is 0.0945. The zero-order chi connectivity index (χ0) is 13.9. The van der Waals surface area contributed by atoms with Crippen molar-refractivity contribution in [2.45, 2.75) is 57.5 Å². The predicted octanol–water partition coefficient (Wildman–Crippen LogP) is 1.44. The molecule has 0 radical (unpaired) electrons. The molecule has 2 saturated carbocycles. The Morgan fingerprint density at radius 3 is 2.80 bits per heavy atom. The number of nitrogens with zero attached hydrogens (tertiary/aromatic N) is 3. The third kappa shape index (κ3) is 3.36. The smallest absolute Gasteiger partial charge is 0.234 e. The number of hydrogen-bond acceptors (Lipinski definition) is 5. The van der Waals surface area contributed by atoms with Gasteiger partial charge >= 0.3 is 0 Å². The van der Waals surface area contributed by atoms with Crippen molar-refractivity contribution in [2.75, 3.05) is 13.1 Å². The lowest BCUT2D eigenvalue weighted by molar-refractivity contribution is -0.122. The molecule has 3 rings (SSSR count). The zero-order valence-electron chi connectivity index (χ0n) is 12.0. The number of amides is 1. The van der Waals surface area contributed by atoms with E-state index in [1.165, 1.54) is 6.42 Å². The van der Waals surface area contributed by atoms with E-state index in [0.717, 1.165) is 38.1 Å². The molecule has 0 bridgehead atoms. The van der Waals surface area contributed by atoms with Crippen LogP contribution < -0.4 is 5.32 Å². The second-order valence-electron chi connectivity index (χ2n) is 5.82. The van der Waals surface area contributed by atoms with Gasteiger partial charge in [0.1, 0.15) is 0 Å². The molecule has 110 valence electrons. The summed E-state index contributed by atoms with van der Waals surface area (Å²) >= 11 is 0. The van der Waals surface area contributed by atoms with E-state index in [2.05, 4.69) is 15.5 Å². The van der Waals surface area contributed by atoms with E-state index in [1.54, 1.807) is 0 Å².